The van der Waals surface area contributed by atoms with E-state index in [2.05, 4.69) is 0 Å². The van der Waals surface area contributed by atoms with Crippen LogP contribution < -0.4 is 5.73 Å². The lowest BCUT2D eigenvalue weighted by atomic mass is 10.1. The first-order valence-corrected chi connectivity index (χ1v) is 9.14. The smallest absolute Gasteiger partial charge is 0.243 e. The van der Waals surface area contributed by atoms with Gasteiger partial charge in [-0.2, -0.15) is 4.31 Å². The fraction of sp³-hybridized carbons (Fsp3) is 0.625. The third kappa shape index (κ3) is 3.65. The molecule has 5 heteroatoms. The summed E-state index contributed by atoms with van der Waals surface area (Å²) in [6.45, 7) is 7.46. The monoisotopic (exact) mass is 310 g/mol. The molecule has 21 heavy (non-hydrogen) atoms. The van der Waals surface area contributed by atoms with Gasteiger partial charge in [-0.05, 0) is 61.8 Å². The SMILES string of the molecule is CCCN(CC1CC1)S(=O)(=O)c1cc(CN)c(C)cc1C. The lowest BCUT2D eigenvalue weighted by Gasteiger charge is -2.23. The van der Waals surface area contributed by atoms with Crippen molar-refractivity contribution in [3.05, 3.63) is 28.8 Å². The van der Waals surface area contributed by atoms with Crippen LogP contribution in [0, 0.1) is 19.8 Å². The number of hydrogen-bond acceptors (Lipinski definition) is 3. The first-order chi connectivity index (χ1) is 9.90. The molecule has 118 valence electrons. The summed E-state index contributed by atoms with van der Waals surface area (Å²) in [6.07, 6.45) is 3.13. The van der Waals surface area contributed by atoms with Crippen LogP contribution in [0.5, 0.6) is 0 Å². The summed E-state index contributed by atoms with van der Waals surface area (Å²) in [5.41, 5.74) is 8.50. The molecule has 1 saturated carbocycles. The van der Waals surface area contributed by atoms with E-state index in [1.807, 2.05) is 26.8 Å². The molecule has 0 atom stereocenters. The van der Waals surface area contributed by atoms with Crippen LogP contribution in [-0.4, -0.2) is 25.8 Å². The van der Waals surface area contributed by atoms with Crippen molar-refractivity contribution < 1.29 is 8.42 Å². The molecule has 4 nitrogen and oxygen atoms in total. The van der Waals surface area contributed by atoms with Crippen LogP contribution in [0.15, 0.2) is 17.0 Å². The van der Waals surface area contributed by atoms with Crippen molar-refractivity contribution in [2.75, 3.05) is 13.1 Å². The van der Waals surface area contributed by atoms with E-state index in [1.165, 1.54) is 0 Å². The molecule has 1 aliphatic rings. The Morgan fingerprint density at radius 1 is 1.24 bits per heavy atom. The van der Waals surface area contributed by atoms with Crippen molar-refractivity contribution in [3.8, 4) is 0 Å². The Kier molecular flexibility index (Phi) is 5.07. The highest BCUT2D eigenvalue weighted by molar-refractivity contribution is 7.89. The number of benzene rings is 1. The van der Waals surface area contributed by atoms with Gasteiger partial charge in [-0.3, -0.25) is 0 Å². The number of hydrogen-bond donors (Lipinski definition) is 1. The summed E-state index contributed by atoms with van der Waals surface area (Å²) >= 11 is 0. The Morgan fingerprint density at radius 2 is 1.90 bits per heavy atom. The number of nitrogens with zero attached hydrogens (tertiary/aromatic N) is 1. The van der Waals surface area contributed by atoms with Gasteiger partial charge in [0.1, 0.15) is 0 Å². The molecule has 0 aliphatic heterocycles. The van der Waals surface area contributed by atoms with Gasteiger partial charge in [0.15, 0.2) is 0 Å². The van der Waals surface area contributed by atoms with Crippen LogP contribution in [0.3, 0.4) is 0 Å². The molecule has 2 N–H and O–H groups in total. The zero-order chi connectivity index (χ0) is 15.6. The minimum Gasteiger partial charge on any atom is -0.326 e. The predicted molar refractivity (Wildman–Crippen MR) is 85.6 cm³/mol. The zero-order valence-electron chi connectivity index (χ0n) is 13.2. The molecule has 1 aromatic carbocycles. The summed E-state index contributed by atoms with van der Waals surface area (Å²) in [7, 11) is -3.42. The molecule has 1 aliphatic carbocycles. The van der Waals surface area contributed by atoms with Gasteiger partial charge in [0.2, 0.25) is 10.0 Å². The van der Waals surface area contributed by atoms with Crippen LogP contribution in [0.2, 0.25) is 0 Å². The fourth-order valence-electron chi connectivity index (χ4n) is 2.66. The average Bonchev–Trinajstić information content (AvgIpc) is 3.22. The van der Waals surface area contributed by atoms with Gasteiger partial charge in [-0.1, -0.05) is 13.0 Å². The molecule has 1 aromatic rings. The van der Waals surface area contributed by atoms with Crippen LogP contribution in [0.25, 0.3) is 0 Å². The zero-order valence-corrected chi connectivity index (χ0v) is 14.0. The van der Waals surface area contributed by atoms with Crippen molar-refractivity contribution >= 4 is 10.0 Å². The lowest BCUT2D eigenvalue weighted by Crippen LogP contribution is -2.34. The highest BCUT2D eigenvalue weighted by Gasteiger charge is 2.32. The molecule has 0 aromatic heterocycles. The third-order valence-electron chi connectivity index (χ3n) is 4.10. The first-order valence-electron chi connectivity index (χ1n) is 7.70. The molecular formula is C16H26N2O2S. The highest BCUT2D eigenvalue weighted by Crippen LogP contribution is 2.32. The molecule has 0 heterocycles. The van der Waals surface area contributed by atoms with Gasteiger partial charge in [-0.15, -0.1) is 0 Å². The van der Waals surface area contributed by atoms with E-state index in [4.69, 9.17) is 5.73 Å². The number of rotatable bonds is 7. The van der Waals surface area contributed by atoms with Crippen molar-refractivity contribution in [1.82, 2.24) is 4.31 Å². The summed E-state index contributed by atoms with van der Waals surface area (Å²) in [5.74, 6) is 0.547. The summed E-state index contributed by atoms with van der Waals surface area (Å²) in [5, 5.41) is 0. The predicted octanol–water partition coefficient (Wildman–Crippen LogP) is 2.57. The molecule has 1 fully saturated rings. The Bertz CT molecular complexity index is 607. The van der Waals surface area contributed by atoms with Gasteiger partial charge in [0.25, 0.3) is 0 Å². The first kappa shape index (κ1) is 16.5. The second-order valence-corrected chi connectivity index (χ2v) is 7.96. The van der Waals surface area contributed by atoms with Crippen LogP contribution >= 0.6 is 0 Å². The van der Waals surface area contributed by atoms with Crippen LogP contribution in [0.4, 0.5) is 0 Å². The van der Waals surface area contributed by atoms with Gasteiger partial charge >= 0.3 is 0 Å². The molecular weight excluding hydrogens is 284 g/mol. The standard InChI is InChI=1S/C16H26N2O2S/c1-4-7-18(11-14-5-6-14)21(19,20)16-9-15(10-17)12(2)8-13(16)3/h8-9,14H,4-7,10-11,17H2,1-3H3. The molecule has 0 saturated heterocycles. The Labute approximate surface area is 128 Å². The van der Waals surface area contributed by atoms with E-state index in [-0.39, 0.29) is 0 Å². The Hall–Kier alpha value is -0.910. The largest absolute Gasteiger partial charge is 0.326 e. The van der Waals surface area contributed by atoms with Crippen molar-refractivity contribution in [2.45, 2.75) is 51.5 Å². The number of nitrogens with two attached hydrogens (primary N) is 1. The van der Waals surface area contributed by atoms with E-state index in [0.717, 1.165) is 36.0 Å². The fourth-order valence-corrected chi connectivity index (χ4v) is 4.52. The van der Waals surface area contributed by atoms with Crippen LogP contribution in [-0.2, 0) is 16.6 Å². The maximum absolute atomic E-state index is 13.0. The average molecular weight is 310 g/mol. The maximum Gasteiger partial charge on any atom is 0.243 e. The second kappa shape index (κ2) is 6.46. The van der Waals surface area contributed by atoms with E-state index in [1.54, 1.807) is 10.4 Å². The highest BCUT2D eigenvalue weighted by atomic mass is 32.2. The maximum atomic E-state index is 13.0. The van der Waals surface area contributed by atoms with Gasteiger partial charge in [0.05, 0.1) is 4.90 Å². The van der Waals surface area contributed by atoms with Gasteiger partial charge in [0, 0.05) is 19.6 Å². The van der Waals surface area contributed by atoms with E-state index in [9.17, 15) is 8.42 Å². The molecule has 0 unspecified atom stereocenters. The van der Waals surface area contributed by atoms with E-state index >= 15 is 0 Å². The Balaban J connectivity index is 2.40. The minimum atomic E-state index is -3.42. The molecule has 0 bridgehead atoms. The van der Waals surface area contributed by atoms with Gasteiger partial charge < -0.3 is 5.73 Å². The normalized spacial score (nSPS) is 15.7. The van der Waals surface area contributed by atoms with Crippen molar-refractivity contribution in [3.63, 3.8) is 0 Å². The number of aryl methyl sites for hydroxylation is 2. The minimum absolute atomic E-state index is 0.366. The summed E-state index contributed by atoms with van der Waals surface area (Å²) in [4.78, 5) is 0.419. The van der Waals surface area contributed by atoms with Crippen molar-refractivity contribution in [2.24, 2.45) is 11.7 Å². The topological polar surface area (TPSA) is 63.4 Å². The summed E-state index contributed by atoms with van der Waals surface area (Å²) < 4.78 is 27.6. The molecule has 2 rings (SSSR count). The lowest BCUT2D eigenvalue weighted by molar-refractivity contribution is 0.395. The molecule has 0 amide bonds. The van der Waals surface area contributed by atoms with E-state index in [0.29, 0.717) is 30.4 Å². The van der Waals surface area contributed by atoms with Crippen molar-refractivity contribution in [1.29, 1.82) is 0 Å². The van der Waals surface area contributed by atoms with E-state index < -0.39 is 10.0 Å². The number of sulfonamides is 1. The Morgan fingerprint density at radius 3 is 2.43 bits per heavy atom. The third-order valence-corrected chi connectivity index (χ3v) is 6.11. The quantitative estimate of drug-likeness (QED) is 0.842. The molecule has 0 radical (unpaired) electrons. The summed E-state index contributed by atoms with van der Waals surface area (Å²) in [6, 6.07) is 3.69. The van der Waals surface area contributed by atoms with Gasteiger partial charge in [-0.25, -0.2) is 8.42 Å². The van der Waals surface area contributed by atoms with Crippen LogP contribution in [0.1, 0.15) is 42.9 Å². The second-order valence-electron chi connectivity index (χ2n) is 6.05. The molecule has 0 spiro atoms.